The number of carbonyl (C=O) groups excluding carboxylic acids is 2. The monoisotopic (exact) mass is 271 g/mol. The highest BCUT2D eigenvalue weighted by atomic mass is 16.5. The maximum Gasteiger partial charge on any atom is 0.239 e. The number of hydrogen-bond donors (Lipinski definition) is 3. The van der Waals surface area contributed by atoms with E-state index in [-0.39, 0.29) is 29.7 Å². The average Bonchev–Trinajstić information content (AvgIpc) is 2.87. The molecular formula is C13H25N3O3. The summed E-state index contributed by atoms with van der Waals surface area (Å²) in [5.41, 5.74) is -0.382. The first kappa shape index (κ1) is 15.9. The van der Waals surface area contributed by atoms with Crippen LogP contribution in [0.3, 0.4) is 0 Å². The quantitative estimate of drug-likeness (QED) is 0.546. The summed E-state index contributed by atoms with van der Waals surface area (Å²) in [7, 11) is 1.58. The molecule has 3 N–H and O–H groups in total. The fraction of sp³-hybridized carbons (Fsp3) is 0.846. The van der Waals surface area contributed by atoms with Crippen molar-refractivity contribution in [1.82, 2.24) is 16.0 Å². The van der Waals surface area contributed by atoms with E-state index in [4.69, 9.17) is 4.74 Å². The molecule has 1 saturated heterocycles. The largest absolute Gasteiger partial charge is 0.383 e. The van der Waals surface area contributed by atoms with Crippen LogP contribution in [0.25, 0.3) is 0 Å². The second-order valence-electron chi connectivity index (χ2n) is 5.26. The van der Waals surface area contributed by atoms with Crippen LogP contribution >= 0.6 is 0 Å². The van der Waals surface area contributed by atoms with Crippen molar-refractivity contribution in [3.05, 3.63) is 0 Å². The van der Waals surface area contributed by atoms with Gasteiger partial charge in [0.1, 0.15) is 0 Å². The fourth-order valence-electron chi connectivity index (χ4n) is 2.35. The molecule has 0 bridgehead atoms. The number of ether oxygens (including phenoxy) is 1. The summed E-state index contributed by atoms with van der Waals surface area (Å²) in [6, 6.07) is 0. The smallest absolute Gasteiger partial charge is 0.239 e. The summed E-state index contributed by atoms with van der Waals surface area (Å²) in [6.45, 7) is 6.59. The molecule has 0 saturated carbocycles. The van der Waals surface area contributed by atoms with Crippen LogP contribution in [0.5, 0.6) is 0 Å². The molecule has 0 aromatic heterocycles. The molecule has 1 fully saturated rings. The predicted octanol–water partition coefficient (Wildman–Crippen LogP) is -0.499. The van der Waals surface area contributed by atoms with Crippen molar-refractivity contribution in [1.29, 1.82) is 0 Å². The molecule has 1 rings (SSSR count). The molecule has 110 valence electrons. The summed E-state index contributed by atoms with van der Waals surface area (Å²) in [4.78, 5) is 23.8. The highest BCUT2D eigenvalue weighted by molar-refractivity contribution is 5.88. The zero-order chi connectivity index (χ0) is 14.3. The van der Waals surface area contributed by atoms with E-state index in [2.05, 4.69) is 16.0 Å². The van der Waals surface area contributed by atoms with E-state index in [0.717, 1.165) is 13.0 Å². The molecule has 0 spiro atoms. The Balaban J connectivity index is 2.39. The normalized spacial score (nSPS) is 22.5. The standard InChI is InChI=1S/C13H25N3O3/c1-10(2)13(4-5-14-9-13)12(18)16-8-11(17)15-6-7-19-3/h10,14H,4-9H2,1-3H3,(H,15,17)(H,16,18). The van der Waals surface area contributed by atoms with Gasteiger partial charge in [-0.25, -0.2) is 0 Å². The molecule has 1 aliphatic heterocycles. The first-order chi connectivity index (χ1) is 9.03. The Morgan fingerprint density at radius 2 is 2.11 bits per heavy atom. The Morgan fingerprint density at radius 3 is 2.63 bits per heavy atom. The van der Waals surface area contributed by atoms with Crippen LogP contribution < -0.4 is 16.0 Å². The minimum absolute atomic E-state index is 0.0248. The first-order valence-corrected chi connectivity index (χ1v) is 6.77. The molecule has 0 aromatic carbocycles. The lowest BCUT2D eigenvalue weighted by Crippen LogP contribution is -2.48. The molecule has 0 aliphatic carbocycles. The molecule has 0 radical (unpaired) electrons. The van der Waals surface area contributed by atoms with Crippen molar-refractivity contribution in [2.75, 3.05) is 39.9 Å². The van der Waals surface area contributed by atoms with E-state index in [1.165, 1.54) is 0 Å². The lowest BCUT2D eigenvalue weighted by Gasteiger charge is -2.30. The number of carbonyl (C=O) groups is 2. The molecule has 1 unspecified atom stereocenters. The van der Waals surface area contributed by atoms with Crippen molar-refractivity contribution in [2.45, 2.75) is 20.3 Å². The van der Waals surface area contributed by atoms with Crippen LogP contribution in [0.4, 0.5) is 0 Å². The molecule has 1 atom stereocenters. The van der Waals surface area contributed by atoms with Crippen molar-refractivity contribution in [3.8, 4) is 0 Å². The van der Waals surface area contributed by atoms with Gasteiger partial charge in [-0.1, -0.05) is 13.8 Å². The van der Waals surface area contributed by atoms with Crippen LogP contribution in [-0.4, -0.2) is 51.7 Å². The molecule has 1 heterocycles. The minimum atomic E-state index is -0.382. The Morgan fingerprint density at radius 1 is 1.37 bits per heavy atom. The SMILES string of the molecule is COCCNC(=O)CNC(=O)C1(C(C)C)CCNC1. The average molecular weight is 271 g/mol. The van der Waals surface area contributed by atoms with Gasteiger partial charge in [0, 0.05) is 20.2 Å². The van der Waals surface area contributed by atoms with Crippen molar-refractivity contribution >= 4 is 11.8 Å². The van der Waals surface area contributed by atoms with Crippen LogP contribution in [0, 0.1) is 11.3 Å². The Kier molecular flexibility index (Phi) is 6.24. The van der Waals surface area contributed by atoms with Crippen molar-refractivity contribution in [3.63, 3.8) is 0 Å². The van der Waals surface area contributed by atoms with E-state index in [1.807, 2.05) is 13.8 Å². The predicted molar refractivity (Wildman–Crippen MR) is 72.7 cm³/mol. The van der Waals surface area contributed by atoms with Gasteiger partial charge in [-0.3, -0.25) is 9.59 Å². The first-order valence-electron chi connectivity index (χ1n) is 6.77. The highest BCUT2D eigenvalue weighted by Crippen LogP contribution is 2.34. The van der Waals surface area contributed by atoms with E-state index in [9.17, 15) is 9.59 Å². The van der Waals surface area contributed by atoms with Gasteiger partial charge < -0.3 is 20.7 Å². The fourth-order valence-corrected chi connectivity index (χ4v) is 2.35. The topological polar surface area (TPSA) is 79.5 Å². The van der Waals surface area contributed by atoms with Gasteiger partial charge in [0.2, 0.25) is 11.8 Å². The van der Waals surface area contributed by atoms with Gasteiger partial charge in [0.05, 0.1) is 18.6 Å². The number of methoxy groups -OCH3 is 1. The second-order valence-corrected chi connectivity index (χ2v) is 5.26. The zero-order valence-electron chi connectivity index (χ0n) is 12.0. The molecule has 6 nitrogen and oxygen atoms in total. The van der Waals surface area contributed by atoms with Crippen molar-refractivity contribution in [2.24, 2.45) is 11.3 Å². The summed E-state index contributed by atoms with van der Waals surface area (Å²) < 4.78 is 4.84. The maximum atomic E-state index is 12.3. The molecule has 1 aliphatic rings. The minimum Gasteiger partial charge on any atom is -0.383 e. The van der Waals surface area contributed by atoms with Gasteiger partial charge in [-0.2, -0.15) is 0 Å². The number of hydrogen-bond acceptors (Lipinski definition) is 4. The lowest BCUT2D eigenvalue weighted by atomic mass is 9.75. The summed E-state index contributed by atoms with van der Waals surface area (Å²) in [5.74, 6) is 0.0312. The number of nitrogens with one attached hydrogen (secondary N) is 3. The van der Waals surface area contributed by atoms with Gasteiger partial charge in [-0.15, -0.1) is 0 Å². The number of amides is 2. The van der Waals surface area contributed by atoms with Crippen LogP contribution in [0.15, 0.2) is 0 Å². The molecular weight excluding hydrogens is 246 g/mol. The van der Waals surface area contributed by atoms with E-state index in [1.54, 1.807) is 7.11 Å². The third kappa shape index (κ3) is 4.18. The lowest BCUT2D eigenvalue weighted by molar-refractivity contribution is -0.134. The summed E-state index contributed by atoms with van der Waals surface area (Å²) in [6.07, 6.45) is 0.821. The van der Waals surface area contributed by atoms with Gasteiger partial charge in [-0.05, 0) is 18.9 Å². The third-order valence-electron chi connectivity index (χ3n) is 3.78. The van der Waals surface area contributed by atoms with Crippen LogP contribution in [0.2, 0.25) is 0 Å². The number of rotatable bonds is 7. The van der Waals surface area contributed by atoms with Gasteiger partial charge >= 0.3 is 0 Å². The van der Waals surface area contributed by atoms with E-state index in [0.29, 0.717) is 19.7 Å². The zero-order valence-corrected chi connectivity index (χ0v) is 12.0. The summed E-state index contributed by atoms with van der Waals surface area (Å²) in [5, 5.41) is 8.65. The molecule has 2 amide bonds. The molecule has 19 heavy (non-hydrogen) atoms. The Hall–Kier alpha value is -1.14. The maximum absolute atomic E-state index is 12.3. The van der Waals surface area contributed by atoms with Crippen LogP contribution in [0.1, 0.15) is 20.3 Å². The van der Waals surface area contributed by atoms with Gasteiger partial charge in [0.15, 0.2) is 0 Å². The third-order valence-corrected chi connectivity index (χ3v) is 3.78. The van der Waals surface area contributed by atoms with Crippen molar-refractivity contribution < 1.29 is 14.3 Å². The van der Waals surface area contributed by atoms with E-state index >= 15 is 0 Å². The summed E-state index contributed by atoms with van der Waals surface area (Å²) >= 11 is 0. The molecule has 6 heteroatoms. The van der Waals surface area contributed by atoms with E-state index < -0.39 is 0 Å². The van der Waals surface area contributed by atoms with Gasteiger partial charge in [0.25, 0.3) is 0 Å². The Labute approximate surface area is 114 Å². The highest BCUT2D eigenvalue weighted by Gasteiger charge is 2.43. The Bertz CT molecular complexity index is 312. The molecule has 0 aromatic rings. The second kappa shape index (κ2) is 7.45. The van der Waals surface area contributed by atoms with Crippen LogP contribution in [-0.2, 0) is 14.3 Å².